The summed E-state index contributed by atoms with van der Waals surface area (Å²) >= 11 is 2.76. The lowest BCUT2D eigenvalue weighted by Gasteiger charge is -2.29. The molecule has 0 saturated heterocycles. The number of aliphatic imine (C=N–C) groups is 2. The van der Waals surface area contributed by atoms with E-state index in [4.69, 9.17) is 5.73 Å². The molecule has 1 heterocycles. The van der Waals surface area contributed by atoms with Crippen molar-refractivity contribution in [2.24, 2.45) is 45.3 Å². The zero-order chi connectivity index (χ0) is 48.1. The first-order valence-electron chi connectivity index (χ1n) is 21.5. The maximum absolute atomic E-state index is 13.9. The molecule has 8 N–H and O–H groups in total. The maximum atomic E-state index is 13.9. The second kappa shape index (κ2) is 27.9. The lowest BCUT2D eigenvalue weighted by atomic mass is 9.96. The molecule has 8 amide bonds. The number of hydrogen-bond donors (Lipinski definition) is 7. The highest BCUT2D eigenvalue weighted by atomic mass is 32.2. The Morgan fingerprint density at radius 2 is 1.52 bits per heavy atom. The number of nitrogens with two attached hydrogens (primary N) is 1. The highest BCUT2D eigenvalue weighted by Gasteiger charge is 2.34. The van der Waals surface area contributed by atoms with E-state index < -0.39 is 102 Å². The highest BCUT2D eigenvalue weighted by molar-refractivity contribution is 7.98. The Labute approximate surface area is 384 Å². The van der Waals surface area contributed by atoms with Gasteiger partial charge in [0.05, 0.1) is 11.8 Å². The highest BCUT2D eigenvalue weighted by Crippen LogP contribution is 2.21. The Hall–Kier alpha value is -5.11. The number of nitrogens with one attached hydrogen (secondary N) is 5. The minimum atomic E-state index is -1.17. The van der Waals surface area contributed by atoms with Crippen LogP contribution in [0.2, 0.25) is 0 Å². The van der Waals surface area contributed by atoms with Crippen LogP contribution in [0.1, 0.15) is 98.6 Å². The quantitative estimate of drug-likeness (QED) is 0.125. The van der Waals surface area contributed by atoms with Crippen LogP contribution in [0.4, 0.5) is 0 Å². The molecule has 0 radical (unpaired) electrons. The van der Waals surface area contributed by atoms with Crippen molar-refractivity contribution in [3.8, 4) is 0 Å². The fraction of sp³-hybridized carbons (Fsp3) is 0.614. The van der Waals surface area contributed by atoms with Gasteiger partial charge in [-0.15, -0.1) is 0 Å². The molecule has 64 heavy (non-hydrogen) atoms. The van der Waals surface area contributed by atoms with Crippen molar-refractivity contribution < 1.29 is 48.3 Å². The Balaban J connectivity index is 2.53. The minimum absolute atomic E-state index is 0.0741. The molecule has 20 heteroatoms. The summed E-state index contributed by atoms with van der Waals surface area (Å²) in [5, 5.41) is 22.7. The van der Waals surface area contributed by atoms with Crippen molar-refractivity contribution >= 4 is 89.2 Å². The van der Waals surface area contributed by atoms with Gasteiger partial charge in [0.1, 0.15) is 30.2 Å². The third-order valence-electron chi connectivity index (χ3n) is 10.1. The standard InChI is InChI=1S/C44H66N8O10S2/c1-9-26(6)37-44(62)51-35(38(45)56)23-64-21-30-12-10-11-29(17-30)20-63-22-32(41(59)48-27(7)39(57)49-34(16-25(4)5)43(61)52-37)19-47-42(60)33(15-24(2)3)50-40(58)31(13-14-36(54)55)18-46-28(8)53/h10-12,17-19,24-27,31-35,37H,9,13-16,20-23H2,1-8H3,(H2,45,56)(H,48,59)(H,49,57)(H,50,58)(H,51,62)(H,52,61)(H,54,55)/t26-,27-,31?,32?,33-,34-,35-,37-/m0/s1. The number of benzene rings is 1. The molecule has 1 aromatic carbocycles. The molecule has 0 aliphatic carbocycles. The summed E-state index contributed by atoms with van der Waals surface area (Å²) in [6.45, 7) is 13.6. The van der Waals surface area contributed by atoms with Crippen LogP contribution in [0.25, 0.3) is 0 Å². The number of carbonyl (C=O) groups excluding carboxylic acids is 8. The second-order valence-electron chi connectivity index (χ2n) is 16.9. The monoisotopic (exact) mass is 930 g/mol. The molecule has 8 atom stereocenters. The van der Waals surface area contributed by atoms with Crippen LogP contribution in [0.3, 0.4) is 0 Å². The van der Waals surface area contributed by atoms with Gasteiger partial charge in [0.25, 0.3) is 5.91 Å². The molecule has 0 fully saturated rings. The summed E-state index contributed by atoms with van der Waals surface area (Å²) in [5.74, 6) is -8.05. The molecule has 354 valence electrons. The van der Waals surface area contributed by atoms with Crippen LogP contribution in [0, 0.1) is 29.6 Å². The molecule has 1 aliphatic rings. The molecule has 2 bridgehead atoms. The van der Waals surface area contributed by atoms with Gasteiger partial charge in [-0.2, -0.15) is 23.5 Å². The molecule has 0 spiro atoms. The van der Waals surface area contributed by atoms with Gasteiger partial charge in [0, 0.05) is 48.8 Å². The third-order valence-corrected chi connectivity index (χ3v) is 12.4. The van der Waals surface area contributed by atoms with E-state index >= 15 is 0 Å². The zero-order valence-corrected chi connectivity index (χ0v) is 39.6. The van der Waals surface area contributed by atoms with E-state index in [1.165, 1.54) is 43.6 Å². The molecule has 1 aliphatic heterocycles. The van der Waals surface area contributed by atoms with Crippen molar-refractivity contribution in [1.82, 2.24) is 26.6 Å². The average Bonchev–Trinajstić information content (AvgIpc) is 3.21. The van der Waals surface area contributed by atoms with E-state index in [2.05, 4.69) is 36.6 Å². The van der Waals surface area contributed by atoms with Crippen molar-refractivity contribution in [3.05, 3.63) is 35.4 Å². The van der Waals surface area contributed by atoms with Crippen LogP contribution in [-0.4, -0.2) is 112 Å². The summed E-state index contributed by atoms with van der Waals surface area (Å²) in [6, 6.07) is 2.14. The number of hydrogen-bond acceptors (Lipinski definition) is 11. The summed E-state index contributed by atoms with van der Waals surface area (Å²) in [7, 11) is 0. The summed E-state index contributed by atoms with van der Waals surface area (Å²) in [4.78, 5) is 125. The van der Waals surface area contributed by atoms with Gasteiger partial charge in [-0.25, -0.2) is 9.98 Å². The SMILES string of the molecule is CC[C@H](C)[C@@H]1NC(=O)[C@H](CC(C)C)NC(=O)[C@H](C)NC(=O)C(C=NC(=O)[C@H](CC(C)C)NC(=O)C(C=NC(C)=O)CCC(=O)O)CSCc2cccc(c2)CSC[C@@H](C(N)=O)NC1=O. The number of carbonyl (C=O) groups is 9. The smallest absolute Gasteiger partial charge is 0.303 e. The molecule has 18 nitrogen and oxygen atoms in total. The van der Waals surface area contributed by atoms with Crippen molar-refractivity contribution in [1.29, 1.82) is 0 Å². The number of thioether (sulfide) groups is 2. The van der Waals surface area contributed by atoms with Gasteiger partial charge >= 0.3 is 5.97 Å². The van der Waals surface area contributed by atoms with E-state index in [0.717, 1.165) is 17.3 Å². The fourth-order valence-corrected chi connectivity index (χ4v) is 8.41. The first-order valence-corrected chi connectivity index (χ1v) is 23.8. The number of fused-ring (bicyclic) bond motifs is 2. The second-order valence-corrected chi connectivity index (χ2v) is 18.9. The Kier molecular flexibility index (Phi) is 24.0. The van der Waals surface area contributed by atoms with Crippen LogP contribution in [0.5, 0.6) is 0 Å². The lowest BCUT2D eigenvalue weighted by Crippen LogP contribution is -2.59. The molecular formula is C44H66N8O10S2. The molecule has 2 rings (SSSR count). The van der Waals surface area contributed by atoms with Gasteiger partial charge in [0.15, 0.2) is 0 Å². The topological polar surface area (TPSA) is 285 Å². The minimum Gasteiger partial charge on any atom is -0.481 e. The number of primary amides is 1. The van der Waals surface area contributed by atoms with Crippen molar-refractivity contribution in [3.63, 3.8) is 0 Å². The summed E-state index contributed by atoms with van der Waals surface area (Å²) in [6.07, 6.45) is 2.50. The van der Waals surface area contributed by atoms with Gasteiger partial charge < -0.3 is 37.4 Å². The first kappa shape index (κ1) is 55.0. The lowest BCUT2D eigenvalue weighted by molar-refractivity contribution is -0.137. The predicted octanol–water partition coefficient (Wildman–Crippen LogP) is 2.55. The normalized spacial score (nSPS) is 22.6. The van der Waals surface area contributed by atoms with Crippen LogP contribution >= 0.6 is 23.5 Å². The molecule has 1 aromatic rings. The molecule has 0 saturated carbocycles. The predicted molar refractivity (Wildman–Crippen MR) is 248 cm³/mol. The first-order chi connectivity index (χ1) is 30.1. The molecule has 2 unspecified atom stereocenters. The molecular weight excluding hydrogens is 865 g/mol. The summed E-state index contributed by atoms with van der Waals surface area (Å²) < 4.78 is 0. The van der Waals surface area contributed by atoms with E-state index in [1.807, 2.05) is 58.9 Å². The Morgan fingerprint density at radius 3 is 2.08 bits per heavy atom. The molecule has 0 aromatic heterocycles. The largest absolute Gasteiger partial charge is 0.481 e. The number of nitrogens with zero attached hydrogens (tertiary/aromatic N) is 2. The Bertz CT molecular complexity index is 1880. The van der Waals surface area contributed by atoms with Gasteiger partial charge in [-0.1, -0.05) is 72.2 Å². The Morgan fingerprint density at radius 1 is 0.875 bits per heavy atom. The van der Waals surface area contributed by atoms with Crippen LogP contribution < -0.4 is 32.3 Å². The van der Waals surface area contributed by atoms with E-state index in [0.29, 0.717) is 17.9 Å². The number of amides is 8. The van der Waals surface area contributed by atoms with Crippen LogP contribution in [-0.2, 0) is 54.7 Å². The van der Waals surface area contributed by atoms with Crippen molar-refractivity contribution in [2.75, 3.05) is 11.5 Å². The maximum Gasteiger partial charge on any atom is 0.303 e. The number of carboxylic acid groups (broad SMARTS) is 1. The van der Waals surface area contributed by atoms with Crippen molar-refractivity contribution in [2.45, 2.75) is 129 Å². The van der Waals surface area contributed by atoms with Crippen LogP contribution in [0.15, 0.2) is 34.3 Å². The number of aliphatic carboxylic acids is 1. The van der Waals surface area contributed by atoms with Gasteiger partial charge in [-0.05, 0) is 55.1 Å². The summed E-state index contributed by atoms with van der Waals surface area (Å²) in [5.41, 5.74) is 7.55. The average molecular weight is 931 g/mol. The van der Waals surface area contributed by atoms with E-state index in [9.17, 15) is 48.3 Å². The third kappa shape index (κ3) is 20.2. The van der Waals surface area contributed by atoms with Gasteiger partial charge in [-0.3, -0.25) is 43.2 Å². The number of rotatable bonds is 15. The zero-order valence-electron chi connectivity index (χ0n) is 38.0. The van der Waals surface area contributed by atoms with E-state index in [1.54, 1.807) is 6.92 Å². The number of carboxylic acids is 1. The van der Waals surface area contributed by atoms with E-state index in [-0.39, 0.29) is 48.5 Å². The fourth-order valence-electron chi connectivity index (χ4n) is 6.36. The van der Waals surface area contributed by atoms with Gasteiger partial charge in [0.2, 0.25) is 41.4 Å².